The number of rotatable bonds is 5. The molecule has 6 nitrogen and oxygen atoms in total. The number of ether oxygens (including phenoxy) is 2. The predicted molar refractivity (Wildman–Crippen MR) is 92.7 cm³/mol. The zero-order chi connectivity index (χ0) is 18.0. The highest BCUT2D eigenvalue weighted by Crippen LogP contribution is 2.29. The molecular weight excluding hydrogens is 342 g/mol. The Hall–Kier alpha value is -2.38. The second-order valence-corrected chi connectivity index (χ2v) is 7.60. The maximum Gasteiger partial charge on any atom is 0.240 e. The molecule has 0 unspecified atom stereocenters. The summed E-state index contributed by atoms with van der Waals surface area (Å²) in [6.07, 6.45) is 0.511. The second-order valence-electron chi connectivity index (χ2n) is 5.89. The van der Waals surface area contributed by atoms with E-state index in [9.17, 15) is 13.2 Å². The van der Waals surface area contributed by atoms with Crippen LogP contribution >= 0.6 is 0 Å². The SMILES string of the molecule is COc1ccc2c(c1)C[C@H](NS(=O)(=O)c1ccc(C(C)=O)cc1)CO2. The second kappa shape index (κ2) is 6.85. The minimum atomic E-state index is -3.69. The van der Waals surface area contributed by atoms with Crippen LogP contribution < -0.4 is 14.2 Å². The van der Waals surface area contributed by atoms with Gasteiger partial charge in [-0.1, -0.05) is 12.1 Å². The average molecular weight is 361 g/mol. The molecule has 7 heteroatoms. The monoisotopic (exact) mass is 361 g/mol. The van der Waals surface area contributed by atoms with Crippen LogP contribution in [-0.4, -0.2) is 34.0 Å². The minimum Gasteiger partial charge on any atom is -0.497 e. The summed E-state index contributed by atoms with van der Waals surface area (Å²) < 4.78 is 38.6. The molecule has 132 valence electrons. The highest BCUT2D eigenvalue weighted by molar-refractivity contribution is 7.89. The highest BCUT2D eigenvalue weighted by Gasteiger charge is 2.25. The van der Waals surface area contributed by atoms with E-state index < -0.39 is 10.0 Å². The van der Waals surface area contributed by atoms with Gasteiger partial charge in [-0.3, -0.25) is 4.79 Å². The topological polar surface area (TPSA) is 81.7 Å². The van der Waals surface area contributed by atoms with Gasteiger partial charge in [0.15, 0.2) is 5.78 Å². The molecule has 1 N–H and O–H groups in total. The van der Waals surface area contributed by atoms with Crippen molar-refractivity contribution in [1.29, 1.82) is 0 Å². The summed E-state index contributed by atoms with van der Waals surface area (Å²) in [6.45, 7) is 1.69. The molecular formula is C18H19NO5S. The first-order valence-corrected chi connectivity index (χ1v) is 9.30. The average Bonchev–Trinajstić information content (AvgIpc) is 2.60. The lowest BCUT2D eigenvalue weighted by molar-refractivity contribution is 0.101. The van der Waals surface area contributed by atoms with Crippen LogP contribution in [0.3, 0.4) is 0 Å². The molecule has 0 bridgehead atoms. The normalized spacial score (nSPS) is 16.6. The Balaban J connectivity index is 1.76. The fourth-order valence-corrected chi connectivity index (χ4v) is 3.95. The Bertz CT molecular complexity index is 890. The molecule has 25 heavy (non-hydrogen) atoms. The number of Topliss-reactive ketones (excluding diaryl/α,β-unsaturated/α-hetero) is 1. The van der Waals surface area contributed by atoms with Crippen molar-refractivity contribution in [2.45, 2.75) is 24.3 Å². The van der Waals surface area contributed by atoms with Crippen LogP contribution in [0.15, 0.2) is 47.4 Å². The Labute approximate surface area is 146 Å². The van der Waals surface area contributed by atoms with E-state index in [1.807, 2.05) is 12.1 Å². The fourth-order valence-electron chi connectivity index (χ4n) is 2.73. The first-order chi connectivity index (χ1) is 11.9. The molecule has 0 radical (unpaired) electrons. The van der Waals surface area contributed by atoms with Gasteiger partial charge in [0.1, 0.15) is 18.1 Å². The quantitative estimate of drug-likeness (QED) is 0.826. The molecule has 0 saturated heterocycles. The number of benzene rings is 2. The third-order valence-corrected chi connectivity index (χ3v) is 5.60. The molecule has 2 aromatic carbocycles. The predicted octanol–water partition coefficient (Wildman–Crippen LogP) is 2.18. The molecule has 0 spiro atoms. The van der Waals surface area contributed by atoms with Gasteiger partial charge >= 0.3 is 0 Å². The molecule has 1 aliphatic rings. The summed E-state index contributed by atoms with van der Waals surface area (Å²) in [5, 5.41) is 0. The van der Waals surface area contributed by atoms with E-state index in [0.29, 0.717) is 17.7 Å². The molecule has 1 heterocycles. The van der Waals surface area contributed by atoms with Gasteiger partial charge in [0, 0.05) is 5.56 Å². The molecule has 0 aromatic heterocycles. The Kier molecular flexibility index (Phi) is 4.78. The zero-order valence-electron chi connectivity index (χ0n) is 14.0. The van der Waals surface area contributed by atoms with Gasteiger partial charge in [0.25, 0.3) is 0 Å². The van der Waals surface area contributed by atoms with Gasteiger partial charge in [0.2, 0.25) is 10.0 Å². The van der Waals surface area contributed by atoms with Gasteiger partial charge in [0.05, 0.1) is 18.0 Å². The molecule has 1 aliphatic heterocycles. The number of methoxy groups -OCH3 is 1. The van der Waals surface area contributed by atoms with E-state index in [2.05, 4.69) is 4.72 Å². The van der Waals surface area contributed by atoms with Crippen LogP contribution in [0.5, 0.6) is 11.5 Å². The first kappa shape index (κ1) is 17.4. The standard InChI is InChI=1S/C18H19NO5S/c1-12(20)13-3-6-17(7-4-13)25(21,22)19-15-9-14-10-16(23-2)5-8-18(14)24-11-15/h3-8,10,15,19H,9,11H2,1-2H3/t15-/m0/s1. The van der Waals surface area contributed by atoms with Gasteiger partial charge in [-0.2, -0.15) is 0 Å². The maximum atomic E-state index is 12.5. The maximum absolute atomic E-state index is 12.5. The molecule has 3 rings (SSSR count). The number of carbonyl (C=O) groups is 1. The number of fused-ring (bicyclic) bond motifs is 1. The van der Waals surface area contributed by atoms with Crippen LogP contribution in [0.4, 0.5) is 0 Å². The number of hydrogen-bond acceptors (Lipinski definition) is 5. The molecule has 0 amide bonds. The summed E-state index contributed by atoms with van der Waals surface area (Å²) in [7, 11) is -2.11. The third-order valence-electron chi connectivity index (χ3n) is 4.07. The van der Waals surface area contributed by atoms with E-state index in [1.54, 1.807) is 13.2 Å². The lowest BCUT2D eigenvalue weighted by Crippen LogP contribution is -2.42. The van der Waals surface area contributed by atoms with Crippen LogP contribution in [0, 0.1) is 0 Å². The van der Waals surface area contributed by atoms with Gasteiger partial charge in [-0.05, 0) is 49.2 Å². The van der Waals surface area contributed by atoms with Gasteiger partial charge in [-0.15, -0.1) is 0 Å². The molecule has 0 aliphatic carbocycles. The van der Waals surface area contributed by atoms with E-state index in [1.165, 1.54) is 31.2 Å². The Morgan fingerprint density at radius 2 is 1.92 bits per heavy atom. The largest absolute Gasteiger partial charge is 0.497 e. The summed E-state index contributed by atoms with van der Waals surface area (Å²) in [4.78, 5) is 11.4. The van der Waals surface area contributed by atoms with Crippen molar-refractivity contribution in [3.63, 3.8) is 0 Å². The van der Waals surface area contributed by atoms with Gasteiger partial charge in [-0.25, -0.2) is 13.1 Å². The molecule has 0 fully saturated rings. The first-order valence-electron chi connectivity index (χ1n) is 7.82. The van der Waals surface area contributed by atoms with Crippen LogP contribution in [0.25, 0.3) is 0 Å². The summed E-state index contributed by atoms with van der Waals surface area (Å²) in [5.74, 6) is 1.33. The Morgan fingerprint density at radius 1 is 1.20 bits per heavy atom. The van der Waals surface area contributed by atoms with Crippen molar-refractivity contribution in [2.24, 2.45) is 0 Å². The number of ketones is 1. The lowest BCUT2D eigenvalue weighted by atomic mass is 10.0. The van der Waals surface area contributed by atoms with Crippen molar-refractivity contribution < 1.29 is 22.7 Å². The van der Waals surface area contributed by atoms with Crippen molar-refractivity contribution in [3.8, 4) is 11.5 Å². The lowest BCUT2D eigenvalue weighted by Gasteiger charge is -2.26. The molecule has 2 aromatic rings. The zero-order valence-corrected chi connectivity index (χ0v) is 14.8. The van der Waals surface area contributed by atoms with Crippen molar-refractivity contribution >= 4 is 15.8 Å². The van der Waals surface area contributed by atoms with Crippen LogP contribution in [-0.2, 0) is 16.4 Å². The number of nitrogens with one attached hydrogen (secondary N) is 1. The van der Waals surface area contributed by atoms with Gasteiger partial charge < -0.3 is 9.47 Å². The molecule has 1 atom stereocenters. The van der Waals surface area contributed by atoms with E-state index >= 15 is 0 Å². The van der Waals surface area contributed by atoms with Crippen LogP contribution in [0.2, 0.25) is 0 Å². The van der Waals surface area contributed by atoms with Crippen LogP contribution in [0.1, 0.15) is 22.8 Å². The number of carbonyl (C=O) groups excluding carboxylic acids is 1. The summed E-state index contributed by atoms with van der Waals surface area (Å²) in [5.41, 5.74) is 1.37. The summed E-state index contributed by atoms with van der Waals surface area (Å²) in [6, 6.07) is 11.0. The number of sulfonamides is 1. The summed E-state index contributed by atoms with van der Waals surface area (Å²) >= 11 is 0. The number of hydrogen-bond donors (Lipinski definition) is 1. The minimum absolute atomic E-state index is 0.108. The van der Waals surface area contributed by atoms with E-state index in [4.69, 9.17) is 9.47 Å². The highest BCUT2D eigenvalue weighted by atomic mass is 32.2. The van der Waals surface area contributed by atoms with Crippen molar-refractivity contribution in [3.05, 3.63) is 53.6 Å². The van der Waals surface area contributed by atoms with E-state index in [0.717, 1.165) is 11.3 Å². The third kappa shape index (κ3) is 3.83. The fraction of sp³-hybridized carbons (Fsp3) is 0.278. The smallest absolute Gasteiger partial charge is 0.240 e. The van der Waals surface area contributed by atoms with Crippen molar-refractivity contribution in [1.82, 2.24) is 4.72 Å². The van der Waals surface area contributed by atoms with E-state index in [-0.39, 0.29) is 23.3 Å². The van der Waals surface area contributed by atoms with Crippen molar-refractivity contribution in [2.75, 3.05) is 13.7 Å². The Morgan fingerprint density at radius 3 is 2.56 bits per heavy atom. The molecule has 0 saturated carbocycles.